The van der Waals surface area contributed by atoms with Gasteiger partial charge in [-0.2, -0.15) is 0 Å². The molecule has 0 radical (unpaired) electrons. The summed E-state index contributed by atoms with van der Waals surface area (Å²) in [4.78, 5) is 17.8. The van der Waals surface area contributed by atoms with Crippen molar-refractivity contribution >= 4 is 11.5 Å². The van der Waals surface area contributed by atoms with Crippen LogP contribution >= 0.6 is 0 Å². The standard InChI is InChI=1S/C21H33FN2O2/c1-20-7-5-14(24-26-10-9-23)11-13(20)3-4-15-16(20)6-8-21(2)17(15)12-18(22)19(21)25/h13,15-18H,3-12,23H2,1-2H3/b24-14+/t13?,15?,16?,17?,18?,20-,21-/m0/s1. The predicted molar refractivity (Wildman–Crippen MR) is 99.5 cm³/mol. The van der Waals surface area contributed by atoms with Crippen molar-refractivity contribution in [2.75, 3.05) is 13.2 Å². The van der Waals surface area contributed by atoms with Crippen LogP contribution in [0.3, 0.4) is 0 Å². The van der Waals surface area contributed by atoms with E-state index < -0.39 is 11.6 Å². The number of nitrogens with two attached hydrogens (primary N) is 1. The first kappa shape index (κ1) is 18.4. The van der Waals surface area contributed by atoms with Crippen LogP contribution in [0, 0.1) is 34.5 Å². The number of oxime groups is 1. The lowest BCUT2D eigenvalue weighted by molar-refractivity contribution is -0.138. The average molecular weight is 365 g/mol. The molecule has 4 saturated carbocycles. The van der Waals surface area contributed by atoms with Crippen LogP contribution in [0.5, 0.6) is 0 Å². The number of halogens is 1. The molecule has 0 aromatic heterocycles. The van der Waals surface area contributed by atoms with Crippen molar-refractivity contribution in [2.24, 2.45) is 45.4 Å². The van der Waals surface area contributed by atoms with E-state index in [-0.39, 0.29) is 11.7 Å². The quantitative estimate of drug-likeness (QED) is 0.610. The molecule has 0 aliphatic heterocycles. The van der Waals surface area contributed by atoms with Crippen molar-refractivity contribution in [3.63, 3.8) is 0 Å². The summed E-state index contributed by atoms with van der Waals surface area (Å²) >= 11 is 0. The van der Waals surface area contributed by atoms with Crippen molar-refractivity contribution in [1.29, 1.82) is 0 Å². The number of hydrogen-bond acceptors (Lipinski definition) is 4. The fourth-order valence-electron chi connectivity index (χ4n) is 7.08. The number of Topliss-reactive ketones (excluding diaryl/α,β-unsaturated/α-hetero) is 1. The number of rotatable bonds is 3. The van der Waals surface area contributed by atoms with Gasteiger partial charge in [0.2, 0.25) is 0 Å². The van der Waals surface area contributed by atoms with E-state index in [0.717, 1.165) is 38.5 Å². The van der Waals surface area contributed by atoms with Crippen molar-refractivity contribution in [3.05, 3.63) is 0 Å². The van der Waals surface area contributed by atoms with Gasteiger partial charge < -0.3 is 10.6 Å². The van der Waals surface area contributed by atoms with E-state index in [0.29, 0.717) is 42.7 Å². The van der Waals surface area contributed by atoms with Gasteiger partial charge in [-0.25, -0.2) is 4.39 Å². The van der Waals surface area contributed by atoms with Crippen molar-refractivity contribution < 1.29 is 14.0 Å². The van der Waals surface area contributed by atoms with Gasteiger partial charge in [0, 0.05) is 12.0 Å². The van der Waals surface area contributed by atoms with Gasteiger partial charge in [0.25, 0.3) is 0 Å². The normalized spacial score (nSPS) is 49.5. The zero-order chi connectivity index (χ0) is 18.5. The molecule has 4 aliphatic rings. The molecule has 4 fully saturated rings. The molecule has 0 spiro atoms. The lowest BCUT2D eigenvalue weighted by Crippen LogP contribution is -2.53. The molecule has 146 valence electrons. The maximum Gasteiger partial charge on any atom is 0.173 e. The van der Waals surface area contributed by atoms with Gasteiger partial charge in [0.15, 0.2) is 12.0 Å². The summed E-state index contributed by atoms with van der Waals surface area (Å²) in [6, 6.07) is 0. The van der Waals surface area contributed by atoms with Gasteiger partial charge in [-0.3, -0.25) is 4.79 Å². The smallest absolute Gasteiger partial charge is 0.173 e. The molecule has 0 saturated heterocycles. The second-order valence-corrected chi connectivity index (χ2v) is 9.66. The predicted octanol–water partition coefficient (Wildman–Crippen LogP) is 3.88. The Hall–Kier alpha value is -0.970. The maximum atomic E-state index is 14.3. The molecular weight excluding hydrogens is 331 g/mol. The molecule has 5 unspecified atom stereocenters. The fraction of sp³-hybridized carbons (Fsp3) is 0.905. The minimum atomic E-state index is -1.22. The summed E-state index contributed by atoms with van der Waals surface area (Å²) < 4.78 is 14.3. The van der Waals surface area contributed by atoms with Gasteiger partial charge in [0.05, 0.1) is 5.71 Å². The Bertz CT molecular complexity index is 609. The molecule has 0 aromatic rings. The second-order valence-electron chi connectivity index (χ2n) is 9.66. The first-order chi connectivity index (χ1) is 12.4. The van der Waals surface area contributed by atoms with Crippen LogP contribution in [0.2, 0.25) is 0 Å². The van der Waals surface area contributed by atoms with Gasteiger partial charge in [-0.05, 0) is 80.5 Å². The highest BCUT2D eigenvalue weighted by Gasteiger charge is 2.62. The molecule has 4 aliphatic carbocycles. The van der Waals surface area contributed by atoms with E-state index in [1.807, 2.05) is 6.92 Å². The first-order valence-corrected chi connectivity index (χ1v) is 10.5. The minimum absolute atomic E-state index is 0.108. The lowest BCUT2D eigenvalue weighted by Gasteiger charge is -2.59. The van der Waals surface area contributed by atoms with Gasteiger partial charge in [-0.1, -0.05) is 19.0 Å². The molecule has 26 heavy (non-hydrogen) atoms. The SMILES string of the molecule is C[C@]12CC/C(=N\OCCN)CC1CCC1C2CC[C@]2(C)C(=O)C(F)CC12. The molecule has 4 rings (SSSR count). The Morgan fingerprint density at radius 3 is 2.81 bits per heavy atom. The molecule has 4 nitrogen and oxygen atoms in total. The van der Waals surface area contributed by atoms with Crippen LogP contribution in [0.15, 0.2) is 5.16 Å². The summed E-state index contributed by atoms with van der Waals surface area (Å²) in [5, 5.41) is 4.33. The number of hydrogen-bond donors (Lipinski definition) is 1. The molecule has 0 aromatic carbocycles. The van der Waals surface area contributed by atoms with Gasteiger partial charge in [0.1, 0.15) is 6.61 Å². The van der Waals surface area contributed by atoms with E-state index in [2.05, 4.69) is 12.1 Å². The Labute approximate surface area is 156 Å². The van der Waals surface area contributed by atoms with Gasteiger partial charge in [-0.15, -0.1) is 0 Å². The molecule has 0 bridgehead atoms. The van der Waals surface area contributed by atoms with Crippen LogP contribution in [0.25, 0.3) is 0 Å². The van der Waals surface area contributed by atoms with Crippen molar-refractivity contribution in [3.8, 4) is 0 Å². The summed E-state index contributed by atoms with van der Waals surface area (Å²) in [6.45, 7) is 5.48. The summed E-state index contributed by atoms with van der Waals surface area (Å²) in [7, 11) is 0. The monoisotopic (exact) mass is 364 g/mol. The van der Waals surface area contributed by atoms with Crippen LogP contribution in [-0.2, 0) is 9.63 Å². The Morgan fingerprint density at radius 1 is 1.23 bits per heavy atom. The first-order valence-electron chi connectivity index (χ1n) is 10.5. The van der Waals surface area contributed by atoms with Crippen LogP contribution in [-0.4, -0.2) is 30.8 Å². The Balaban J connectivity index is 1.52. The molecule has 0 heterocycles. The Kier molecular flexibility index (Phi) is 4.65. The number of fused-ring (bicyclic) bond motifs is 5. The minimum Gasteiger partial charge on any atom is -0.395 e. The van der Waals surface area contributed by atoms with E-state index in [1.54, 1.807) is 0 Å². The highest BCUT2D eigenvalue weighted by Crippen LogP contribution is 2.65. The molecule has 5 heteroatoms. The fourth-order valence-corrected chi connectivity index (χ4v) is 7.08. The maximum absolute atomic E-state index is 14.3. The highest BCUT2D eigenvalue weighted by atomic mass is 19.1. The average Bonchev–Trinajstić information content (AvgIpc) is 2.86. The van der Waals surface area contributed by atoms with Crippen LogP contribution in [0.4, 0.5) is 4.39 Å². The third-order valence-electron chi connectivity index (χ3n) is 8.60. The van der Waals surface area contributed by atoms with Crippen LogP contribution < -0.4 is 5.73 Å². The van der Waals surface area contributed by atoms with E-state index >= 15 is 0 Å². The summed E-state index contributed by atoms with van der Waals surface area (Å²) in [5.41, 5.74) is 6.55. The van der Waals surface area contributed by atoms with Crippen molar-refractivity contribution in [1.82, 2.24) is 0 Å². The number of alkyl halides is 1. The summed E-state index contributed by atoms with van der Waals surface area (Å²) in [5.74, 6) is 1.93. The Morgan fingerprint density at radius 2 is 2.04 bits per heavy atom. The van der Waals surface area contributed by atoms with E-state index in [1.165, 1.54) is 12.1 Å². The van der Waals surface area contributed by atoms with E-state index in [4.69, 9.17) is 10.6 Å². The number of ketones is 1. The largest absolute Gasteiger partial charge is 0.395 e. The van der Waals surface area contributed by atoms with Gasteiger partial charge >= 0.3 is 0 Å². The van der Waals surface area contributed by atoms with E-state index in [9.17, 15) is 9.18 Å². The number of nitrogens with zero attached hydrogens (tertiary/aromatic N) is 1. The second kappa shape index (κ2) is 6.57. The highest BCUT2D eigenvalue weighted by molar-refractivity contribution is 5.91. The van der Waals surface area contributed by atoms with Crippen LogP contribution in [0.1, 0.15) is 65.2 Å². The zero-order valence-electron chi connectivity index (χ0n) is 16.2. The lowest BCUT2D eigenvalue weighted by atomic mass is 9.45. The summed E-state index contributed by atoms with van der Waals surface area (Å²) in [6.07, 6.45) is 6.67. The number of carbonyl (C=O) groups excluding carboxylic acids is 1. The zero-order valence-corrected chi connectivity index (χ0v) is 16.2. The molecule has 7 atom stereocenters. The third kappa shape index (κ3) is 2.64. The van der Waals surface area contributed by atoms with Crippen molar-refractivity contribution in [2.45, 2.75) is 71.4 Å². The molecular formula is C21H33FN2O2. The molecule has 2 N–H and O–H groups in total. The topological polar surface area (TPSA) is 64.7 Å². The third-order valence-corrected chi connectivity index (χ3v) is 8.60. The molecule has 0 amide bonds. The number of carbonyl (C=O) groups is 1.